The van der Waals surface area contributed by atoms with Crippen LogP contribution in [0.1, 0.15) is 18.1 Å². The molecule has 0 saturated carbocycles. The fraction of sp³-hybridized carbons (Fsp3) is 0.200. The molecule has 11 heavy (non-hydrogen) atoms. The van der Waals surface area contributed by atoms with Crippen LogP contribution in [0.4, 0.5) is 4.39 Å². The molecule has 58 valence electrons. The highest BCUT2D eigenvalue weighted by Gasteiger charge is 1.95. The second-order valence-corrected chi connectivity index (χ2v) is 2.50. The third-order valence-electron chi connectivity index (χ3n) is 1.58. The summed E-state index contributed by atoms with van der Waals surface area (Å²) < 4.78 is 12.9. The molecule has 0 heterocycles. The topological polar surface area (TPSA) is 0 Å². The fourth-order valence-electron chi connectivity index (χ4n) is 0.879. The van der Waals surface area contributed by atoms with Gasteiger partial charge < -0.3 is 0 Å². The number of allylic oxidation sites excluding steroid dienone is 1. The normalized spacial score (nSPS) is 11.7. The van der Waals surface area contributed by atoms with Crippen LogP contribution in [0, 0.1) is 6.92 Å². The summed E-state index contributed by atoms with van der Waals surface area (Å²) in [6, 6.07) is 7.37. The number of rotatable bonds is 1. The molecule has 0 amide bonds. The van der Waals surface area contributed by atoms with Crippen molar-refractivity contribution in [3.05, 3.63) is 41.5 Å². The molecule has 0 spiro atoms. The Labute approximate surface area is 66.4 Å². The third kappa shape index (κ3) is 1.90. The van der Waals surface area contributed by atoms with Gasteiger partial charge in [0.25, 0.3) is 0 Å². The molecule has 0 aliphatic heterocycles. The van der Waals surface area contributed by atoms with Crippen molar-refractivity contribution in [2.75, 3.05) is 0 Å². The maximum Gasteiger partial charge on any atom is 0.126 e. The van der Waals surface area contributed by atoms with Crippen molar-refractivity contribution in [1.29, 1.82) is 0 Å². The van der Waals surface area contributed by atoms with Crippen molar-refractivity contribution in [2.24, 2.45) is 0 Å². The minimum atomic E-state index is -0.162. The number of hydrogen-bond donors (Lipinski definition) is 0. The molecule has 1 aromatic carbocycles. The molecule has 0 nitrogen and oxygen atoms in total. The second kappa shape index (κ2) is 3.33. The lowest BCUT2D eigenvalue weighted by Gasteiger charge is -1.96. The maximum absolute atomic E-state index is 12.9. The highest BCUT2D eigenvalue weighted by atomic mass is 19.1. The van der Waals surface area contributed by atoms with Gasteiger partial charge in [-0.2, -0.15) is 0 Å². The largest absolute Gasteiger partial charge is 0.207 e. The SMILES string of the molecule is C/C=C(/F)c1ccc(C)cc1. The molecule has 0 aliphatic rings. The quantitative estimate of drug-likeness (QED) is 0.576. The average Bonchev–Trinajstić information content (AvgIpc) is 2.05. The van der Waals surface area contributed by atoms with Crippen LogP contribution in [-0.2, 0) is 0 Å². The van der Waals surface area contributed by atoms with Crippen molar-refractivity contribution in [3.8, 4) is 0 Å². The predicted molar refractivity (Wildman–Crippen MR) is 45.9 cm³/mol. The summed E-state index contributed by atoms with van der Waals surface area (Å²) in [6.45, 7) is 3.67. The average molecular weight is 150 g/mol. The van der Waals surface area contributed by atoms with E-state index in [0.717, 1.165) is 5.56 Å². The van der Waals surface area contributed by atoms with E-state index in [2.05, 4.69) is 0 Å². The highest BCUT2D eigenvalue weighted by Crippen LogP contribution is 2.15. The first-order valence-corrected chi connectivity index (χ1v) is 3.63. The van der Waals surface area contributed by atoms with Gasteiger partial charge in [-0.15, -0.1) is 0 Å². The van der Waals surface area contributed by atoms with E-state index in [9.17, 15) is 4.39 Å². The first-order valence-electron chi connectivity index (χ1n) is 3.63. The van der Waals surface area contributed by atoms with Gasteiger partial charge in [0.05, 0.1) is 0 Å². The van der Waals surface area contributed by atoms with Gasteiger partial charge >= 0.3 is 0 Å². The van der Waals surface area contributed by atoms with Gasteiger partial charge in [0.1, 0.15) is 5.83 Å². The lowest BCUT2D eigenvalue weighted by atomic mass is 10.1. The number of halogens is 1. The van der Waals surface area contributed by atoms with Gasteiger partial charge in [-0.25, -0.2) is 4.39 Å². The van der Waals surface area contributed by atoms with Gasteiger partial charge in [0.2, 0.25) is 0 Å². The zero-order valence-corrected chi connectivity index (χ0v) is 6.76. The second-order valence-electron chi connectivity index (χ2n) is 2.50. The van der Waals surface area contributed by atoms with Crippen LogP contribution in [0.2, 0.25) is 0 Å². The summed E-state index contributed by atoms with van der Waals surface area (Å²) in [6.07, 6.45) is 1.46. The van der Waals surface area contributed by atoms with E-state index in [-0.39, 0.29) is 5.83 Å². The molecule has 0 bridgehead atoms. The Bertz CT molecular complexity index is 257. The molecular formula is C10H11F. The number of benzene rings is 1. The Kier molecular flexibility index (Phi) is 2.42. The summed E-state index contributed by atoms with van der Waals surface area (Å²) in [5.41, 5.74) is 1.80. The van der Waals surface area contributed by atoms with Crippen LogP contribution >= 0.6 is 0 Å². The minimum Gasteiger partial charge on any atom is -0.207 e. The van der Waals surface area contributed by atoms with Gasteiger partial charge in [-0.05, 0) is 13.8 Å². The molecule has 0 aliphatic carbocycles. The Morgan fingerprint density at radius 2 is 1.82 bits per heavy atom. The molecule has 1 aromatic rings. The Balaban J connectivity index is 2.99. The monoisotopic (exact) mass is 150 g/mol. The smallest absolute Gasteiger partial charge is 0.126 e. The van der Waals surface area contributed by atoms with E-state index >= 15 is 0 Å². The van der Waals surface area contributed by atoms with E-state index in [1.807, 2.05) is 19.1 Å². The Morgan fingerprint density at radius 1 is 1.27 bits per heavy atom. The molecule has 0 radical (unpaired) electrons. The summed E-state index contributed by atoms with van der Waals surface area (Å²) in [5.74, 6) is -0.162. The molecule has 0 unspecified atom stereocenters. The first kappa shape index (κ1) is 7.99. The summed E-state index contributed by atoms with van der Waals surface area (Å²) in [4.78, 5) is 0. The van der Waals surface area contributed by atoms with E-state index in [4.69, 9.17) is 0 Å². The lowest BCUT2D eigenvalue weighted by Crippen LogP contribution is -1.77. The molecule has 0 fully saturated rings. The van der Waals surface area contributed by atoms with Gasteiger partial charge in [0.15, 0.2) is 0 Å². The van der Waals surface area contributed by atoms with E-state index < -0.39 is 0 Å². The van der Waals surface area contributed by atoms with Gasteiger partial charge in [0, 0.05) is 5.56 Å². The standard InChI is InChI=1S/C10H11F/c1-3-10(11)9-6-4-8(2)5-7-9/h3-7H,1-2H3/b10-3+. The van der Waals surface area contributed by atoms with Crippen LogP contribution in [0.15, 0.2) is 30.3 Å². The number of hydrogen-bond acceptors (Lipinski definition) is 0. The molecule has 0 aromatic heterocycles. The first-order chi connectivity index (χ1) is 5.24. The van der Waals surface area contributed by atoms with Crippen LogP contribution < -0.4 is 0 Å². The summed E-state index contributed by atoms with van der Waals surface area (Å²) >= 11 is 0. The van der Waals surface area contributed by atoms with Crippen molar-refractivity contribution in [1.82, 2.24) is 0 Å². The highest BCUT2D eigenvalue weighted by molar-refractivity contribution is 5.58. The van der Waals surface area contributed by atoms with Crippen LogP contribution in [-0.4, -0.2) is 0 Å². The fourth-order valence-corrected chi connectivity index (χ4v) is 0.879. The summed E-state index contributed by atoms with van der Waals surface area (Å²) in [7, 11) is 0. The zero-order valence-electron chi connectivity index (χ0n) is 6.76. The van der Waals surface area contributed by atoms with Gasteiger partial charge in [-0.3, -0.25) is 0 Å². The van der Waals surface area contributed by atoms with Crippen LogP contribution in [0.3, 0.4) is 0 Å². The predicted octanol–water partition coefficient (Wildman–Crippen LogP) is 3.33. The molecule has 0 atom stereocenters. The van der Waals surface area contributed by atoms with Crippen LogP contribution in [0.25, 0.3) is 5.83 Å². The van der Waals surface area contributed by atoms with E-state index in [0.29, 0.717) is 5.56 Å². The van der Waals surface area contributed by atoms with E-state index in [1.54, 1.807) is 19.1 Å². The Morgan fingerprint density at radius 3 is 2.27 bits per heavy atom. The summed E-state index contributed by atoms with van der Waals surface area (Å²) in [5, 5.41) is 0. The van der Waals surface area contributed by atoms with E-state index in [1.165, 1.54) is 6.08 Å². The minimum absolute atomic E-state index is 0.162. The van der Waals surface area contributed by atoms with Crippen molar-refractivity contribution in [2.45, 2.75) is 13.8 Å². The lowest BCUT2D eigenvalue weighted by molar-refractivity contribution is 0.758. The Hall–Kier alpha value is -1.11. The molecule has 0 saturated heterocycles. The molecule has 1 rings (SSSR count). The molecule has 0 N–H and O–H groups in total. The van der Waals surface area contributed by atoms with Crippen molar-refractivity contribution < 1.29 is 4.39 Å². The third-order valence-corrected chi connectivity index (χ3v) is 1.58. The zero-order chi connectivity index (χ0) is 8.27. The maximum atomic E-state index is 12.9. The van der Waals surface area contributed by atoms with Crippen molar-refractivity contribution in [3.63, 3.8) is 0 Å². The molecular weight excluding hydrogens is 139 g/mol. The van der Waals surface area contributed by atoms with Gasteiger partial charge in [-0.1, -0.05) is 35.9 Å². The van der Waals surface area contributed by atoms with Crippen molar-refractivity contribution >= 4 is 5.83 Å². The molecule has 1 heteroatoms. The van der Waals surface area contributed by atoms with Crippen LogP contribution in [0.5, 0.6) is 0 Å². The number of aryl methyl sites for hydroxylation is 1.